The summed E-state index contributed by atoms with van der Waals surface area (Å²) in [5.41, 5.74) is 7.88. The van der Waals surface area contributed by atoms with Gasteiger partial charge in [0.05, 0.1) is 28.5 Å². The molecule has 0 aliphatic carbocycles. The minimum absolute atomic E-state index is 0.326. The van der Waals surface area contributed by atoms with Crippen LogP contribution in [0, 0.1) is 0 Å². The van der Waals surface area contributed by atoms with Gasteiger partial charge in [0.2, 0.25) is 0 Å². The van der Waals surface area contributed by atoms with E-state index in [1.807, 2.05) is 0 Å². The number of nitrogens with zero attached hydrogens (tertiary/aromatic N) is 3. The zero-order valence-electron chi connectivity index (χ0n) is 20.4. The van der Waals surface area contributed by atoms with E-state index < -0.39 is 0 Å². The van der Waals surface area contributed by atoms with E-state index >= 15 is 0 Å². The highest BCUT2D eigenvalue weighted by Crippen LogP contribution is 2.38. The highest BCUT2D eigenvalue weighted by Gasteiger charge is 2.28. The molecule has 8 bridgehead atoms. The SMILES string of the molecule is CC1(C)c2cccc(c2)-c2cccc(n2)Cc2nc(cc3ccccc23)-c2cc3ccccc3c1n2. The Morgan fingerprint density at radius 3 is 2.11 bits per heavy atom. The Bertz CT molecular complexity index is 1800. The van der Waals surface area contributed by atoms with Crippen LogP contribution in [0.1, 0.15) is 36.5 Å². The average molecular weight is 464 g/mol. The molecule has 0 atom stereocenters. The molecule has 3 heteroatoms. The smallest absolute Gasteiger partial charge is 0.0896 e. The topological polar surface area (TPSA) is 38.7 Å². The molecule has 3 nitrogen and oxygen atoms in total. The molecule has 36 heavy (non-hydrogen) atoms. The number of benzene rings is 3. The molecule has 0 saturated carbocycles. The molecule has 0 spiro atoms. The minimum Gasteiger partial charge on any atom is -0.252 e. The van der Waals surface area contributed by atoms with Crippen molar-refractivity contribution in [2.24, 2.45) is 0 Å². The monoisotopic (exact) mass is 463 g/mol. The number of rotatable bonds is 0. The largest absolute Gasteiger partial charge is 0.252 e. The van der Waals surface area contributed by atoms with Crippen LogP contribution in [0.3, 0.4) is 0 Å². The maximum absolute atomic E-state index is 5.33. The van der Waals surface area contributed by atoms with E-state index in [9.17, 15) is 0 Å². The first-order chi connectivity index (χ1) is 17.6. The molecule has 1 aliphatic rings. The first-order valence-electron chi connectivity index (χ1n) is 12.4. The van der Waals surface area contributed by atoms with Gasteiger partial charge >= 0.3 is 0 Å². The van der Waals surface area contributed by atoms with E-state index in [4.69, 9.17) is 15.0 Å². The van der Waals surface area contributed by atoms with Gasteiger partial charge in [-0.1, -0.05) is 86.6 Å². The maximum atomic E-state index is 5.33. The van der Waals surface area contributed by atoms with Gasteiger partial charge in [0.25, 0.3) is 0 Å². The van der Waals surface area contributed by atoms with Crippen LogP contribution in [0.25, 0.3) is 44.2 Å². The second-order valence-electron chi connectivity index (χ2n) is 10.1. The van der Waals surface area contributed by atoms with Gasteiger partial charge in [0.1, 0.15) is 0 Å². The molecule has 6 aromatic rings. The summed E-state index contributed by atoms with van der Waals surface area (Å²) in [6.45, 7) is 4.53. The summed E-state index contributed by atoms with van der Waals surface area (Å²) < 4.78 is 0. The molecule has 0 radical (unpaired) electrons. The van der Waals surface area contributed by atoms with Crippen molar-refractivity contribution in [2.75, 3.05) is 0 Å². The van der Waals surface area contributed by atoms with E-state index in [-0.39, 0.29) is 5.41 Å². The Morgan fingerprint density at radius 1 is 0.583 bits per heavy atom. The van der Waals surface area contributed by atoms with E-state index in [2.05, 4.69) is 117 Å². The van der Waals surface area contributed by atoms with Gasteiger partial charge in [0, 0.05) is 33.9 Å². The van der Waals surface area contributed by atoms with Crippen LogP contribution in [-0.4, -0.2) is 15.0 Å². The molecule has 0 N–H and O–H groups in total. The van der Waals surface area contributed by atoms with Gasteiger partial charge in [-0.25, -0.2) is 4.98 Å². The van der Waals surface area contributed by atoms with Crippen LogP contribution in [0.2, 0.25) is 0 Å². The van der Waals surface area contributed by atoms with E-state index in [0.717, 1.165) is 45.1 Å². The Kier molecular flexibility index (Phi) is 4.55. The first-order valence-corrected chi connectivity index (χ1v) is 12.4. The third-order valence-corrected chi connectivity index (χ3v) is 7.45. The summed E-state index contributed by atoms with van der Waals surface area (Å²) in [7, 11) is 0. The van der Waals surface area contributed by atoms with Gasteiger partial charge in [-0.2, -0.15) is 0 Å². The van der Waals surface area contributed by atoms with Crippen molar-refractivity contribution in [1.29, 1.82) is 0 Å². The summed E-state index contributed by atoms with van der Waals surface area (Å²) in [5.74, 6) is 0. The van der Waals surface area contributed by atoms with E-state index in [0.29, 0.717) is 6.42 Å². The molecule has 4 heterocycles. The molecule has 3 aromatic carbocycles. The van der Waals surface area contributed by atoms with Gasteiger partial charge in [0.15, 0.2) is 0 Å². The first kappa shape index (κ1) is 21.0. The van der Waals surface area contributed by atoms with Crippen molar-refractivity contribution < 1.29 is 0 Å². The third-order valence-electron chi connectivity index (χ3n) is 7.45. The number of fused-ring (bicyclic) bond motifs is 14. The van der Waals surface area contributed by atoms with Crippen molar-refractivity contribution in [2.45, 2.75) is 25.7 Å². The molecule has 0 amide bonds. The quantitative estimate of drug-likeness (QED) is 0.231. The zero-order valence-corrected chi connectivity index (χ0v) is 20.4. The number of hydrogen-bond acceptors (Lipinski definition) is 3. The van der Waals surface area contributed by atoms with Crippen LogP contribution in [-0.2, 0) is 11.8 Å². The Labute approximate surface area is 210 Å². The lowest BCUT2D eigenvalue weighted by molar-refractivity contribution is 0.625. The predicted octanol–water partition coefficient (Wildman–Crippen LogP) is 7.74. The highest BCUT2D eigenvalue weighted by atomic mass is 14.8. The van der Waals surface area contributed by atoms with Crippen molar-refractivity contribution >= 4 is 21.5 Å². The van der Waals surface area contributed by atoms with Gasteiger partial charge in [-0.05, 0) is 46.7 Å². The summed E-state index contributed by atoms with van der Waals surface area (Å²) in [6, 6.07) is 36.4. The van der Waals surface area contributed by atoms with Crippen LogP contribution in [0.15, 0.2) is 103 Å². The molecular formula is C33H25N3. The normalized spacial score (nSPS) is 13.9. The molecule has 1 aliphatic heterocycles. The maximum Gasteiger partial charge on any atom is 0.0896 e. The lowest BCUT2D eigenvalue weighted by Gasteiger charge is -2.28. The molecule has 0 saturated heterocycles. The average Bonchev–Trinajstić information content (AvgIpc) is 2.92. The van der Waals surface area contributed by atoms with Crippen LogP contribution < -0.4 is 0 Å². The van der Waals surface area contributed by atoms with Crippen molar-refractivity contribution in [1.82, 2.24) is 15.0 Å². The van der Waals surface area contributed by atoms with Crippen LogP contribution >= 0.6 is 0 Å². The molecule has 0 unspecified atom stereocenters. The molecule has 3 aromatic heterocycles. The zero-order chi connectivity index (χ0) is 24.3. The number of aromatic nitrogens is 3. The van der Waals surface area contributed by atoms with Crippen molar-refractivity contribution in [3.63, 3.8) is 0 Å². The van der Waals surface area contributed by atoms with Crippen molar-refractivity contribution in [3.8, 4) is 22.6 Å². The van der Waals surface area contributed by atoms with Crippen LogP contribution in [0.4, 0.5) is 0 Å². The van der Waals surface area contributed by atoms with Gasteiger partial charge < -0.3 is 0 Å². The fourth-order valence-corrected chi connectivity index (χ4v) is 5.46. The number of pyridine rings is 3. The highest BCUT2D eigenvalue weighted by molar-refractivity contribution is 5.91. The number of hydrogen-bond donors (Lipinski definition) is 0. The molecule has 7 rings (SSSR count). The second-order valence-corrected chi connectivity index (χ2v) is 10.1. The summed E-state index contributed by atoms with van der Waals surface area (Å²) >= 11 is 0. The minimum atomic E-state index is -0.326. The van der Waals surface area contributed by atoms with Crippen molar-refractivity contribution in [3.05, 3.63) is 126 Å². The lowest BCUT2D eigenvalue weighted by atomic mass is 9.78. The van der Waals surface area contributed by atoms with E-state index in [1.54, 1.807) is 0 Å². The molecule has 172 valence electrons. The standard InChI is InChI=1S/C33H25N3/c1-33(2)24-12-7-11-23(17-24)28-16-8-13-25(34-28)20-29-26-14-5-3-9-21(26)18-30(35-29)31-19-22-10-4-6-15-27(22)32(33)36-31/h3-19H,20H2,1-2H3. The fraction of sp³-hybridized carbons (Fsp3) is 0.121. The third kappa shape index (κ3) is 3.31. The van der Waals surface area contributed by atoms with Gasteiger partial charge in [-0.3, -0.25) is 9.97 Å². The summed E-state index contributed by atoms with van der Waals surface area (Å²) in [6.07, 6.45) is 0.661. The fourth-order valence-electron chi connectivity index (χ4n) is 5.46. The Hall–Kier alpha value is -4.37. The summed E-state index contributed by atoms with van der Waals surface area (Å²) in [5, 5.41) is 4.67. The summed E-state index contributed by atoms with van der Waals surface area (Å²) in [4.78, 5) is 15.6. The Morgan fingerprint density at radius 2 is 1.28 bits per heavy atom. The van der Waals surface area contributed by atoms with Crippen LogP contribution in [0.5, 0.6) is 0 Å². The van der Waals surface area contributed by atoms with Gasteiger partial charge in [-0.15, -0.1) is 0 Å². The predicted molar refractivity (Wildman–Crippen MR) is 147 cm³/mol. The second kappa shape index (κ2) is 7.82. The molecule has 0 fully saturated rings. The van der Waals surface area contributed by atoms with E-state index in [1.165, 1.54) is 21.7 Å². The molecular weight excluding hydrogens is 438 g/mol. The Balaban J connectivity index is 1.62. The lowest BCUT2D eigenvalue weighted by Crippen LogP contribution is -2.21.